The zero-order valence-electron chi connectivity index (χ0n) is 12.6. The average Bonchev–Trinajstić information content (AvgIpc) is 2.45. The predicted molar refractivity (Wildman–Crippen MR) is 84.5 cm³/mol. The van der Waals surface area contributed by atoms with Crippen molar-refractivity contribution >= 4 is 11.6 Å². The highest BCUT2D eigenvalue weighted by Crippen LogP contribution is 2.39. The standard InChI is InChI=1S/C16H25ClN2O/c1-4-11(2)15(19-7-5-18-6-8-19)14-10-13(17)9-12(3)16(14)20/h9-11,15,18,20H,4-8H2,1-3H3/t11?,15-/m1/s1. The van der Waals surface area contributed by atoms with Gasteiger partial charge in [-0.15, -0.1) is 0 Å². The fourth-order valence-corrected chi connectivity index (χ4v) is 3.31. The second-order valence-electron chi connectivity index (χ2n) is 5.78. The fourth-order valence-electron chi connectivity index (χ4n) is 3.03. The van der Waals surface area contributed by atoms with Crippen molar-refractivity contribution in [3.8, 4) is 5.75 Å². The van der Waals surface area contributed by atoms with E-state index in [-0.39, 0.29) is 6.04 Å². The second-order valence-corrected chi connectivity index (χ2v) is 6.21. The molecule has 2 N–H and O–H groups in total. The van der Waals surface area contributed by atoms with Gasteiger partial charge in [0.1, 0.15) is 5.75 Å². The number of benzene rings is 1. The van der Waals surface area contributed by atoms with Crippen LogP contribution in [-0.2, 0) is 0 Å². The van der Waals surface area contributed by atoms with E-state index in [1.165, 1.54) is 0 Å². The Morgan fingerprint density at radius 1 is 1.35 bits per heavy atom. The third-order valence-electron chi connectivity index (χ3n) is 4.34. The van der Waals surface area contributed by atoms with Crippen LogP contribution in [0.2, 0.25) is 5.02 Å². The molecule has 0 saturated carbocycles. The van der Waals surface area contributed by atoms with E-state index in [2.05, 4.69) is 24.1 Å². The lowest BCUT2D eigenvalue weighted by molar-refractivity contribution is 0.126. The lowest BCUT2D eigenvalue weighted by Gasteiger charge is -2.39. The number of aromatic hydroxyl groups is 1. The van der Waals surface area contributed by atoms with Gasteiger partial charge in [-0.3, -0.25) is 4.90 Å². The number of hydrogen-bond acceptors (Lipinski definition) is 3. The number of hydrogen-bond donors (Lipinski definition) is 2. The third-order valence-corrected chi connectivity index (χ3v) is 4.56. The molecule has 1 saturated heterocycles. The summed E-state index contributed by atoms with van der Waals surface area (Å²) in [5.74, 6) is 0.884. The molecule has 0 spiro atoms. The van der Waals surface area contributed by atoms with Crippen LogP contribution in [0.5, 0.6) is 5.75 Å². The molecule has 0 aliphatic carbocycles. The van der Waals surface area contributed by atoms with Crippen LogP contribution in [0.25, 0.3) is 0 Å². The maximum atomic E-state index is 10.5. The van der Waals surface area contributed by atoms with Gasteiger partial charge in [-0.25, -0.2) is 0 Å². The molecule has 0 radical (unpaired) electrons. The summed E-state index contributed by atoms with van der Waals surface area (Å²) in [5, 5.41) is 14.6. The monoisotopic (exact) mass is 296 g/mol. The van der Waals surface area contributed by atoms with Crippen LogP contribution in [0.15, 0.2) is 12.1 Å². The lowest BCUT2D eigenvalue weighted by Crippen LogP contribution is -2.46. The van der Waals surface area contributed by atoms with Gasteiger partial charge >= 0.3 is 0 Å². The van der Waals surface area contributed by atoms with Gasteiger partial charge in [-0.2, -0.15) is 0 Å². The number of rotatable bonds is 4. The van der Waals surface area contributed by atoms with Crippen molar-refractivity contribution in [2.75, 3.05) is 26.2 Å². The van der Waals surface area contributed by atoms with Crippen molar-refractivity contribution in [1.82, 2.24) is 10.2 Å². The summed E-state index contributed by atoms with van der Waals surface area (Å²) >= 11 is 6.21. The van der Waals surface area contributed by atoms with Gasteiger partial charge in [0, 0.05) is 42.8 Å². The summed E-state index contributed by atoms with van der Waals surface area (Å²) in [4.78, 5) is 2.47. The molecule has 1 aromatic carbocycles. The summed E-state index contributed by atoms with van der Waals surface area (Å²) in [5.41, 5.74) is 1.84. The van der Waals surface area contributed by atoms with Gasteiger partial charge in [0.2, 0.25) is 0 Å². The number of nitrogens with one attached hydrogen (secondary N) is 1. The smallest absolute Gasteiger partial charge is 0.123 e. The van der Waals surface area contributed by atoms with Crippen LogP contribution in [-0.4, -0.2) is 36.2 Å². The van der Waals surface area contributed by atoms with Crippen LogP contribution in [0.3, 0.4) is 0 Å². The highest BCUT2D eigenvalue weighted by Gasteiger charge is 2.29. The van der Waals surface area contributed by atoms with Crippen molar-refractivity contribution < 1.29 is 5.11 Å². The van der Waals surface area contributed by atoms with Crippen molar-refractivity contribution in [1.29, 1.82) is 0 Å². The van der Waals surface area contributed by atoms with Gasteiger partial charge in [0.25, 0.3) is 0 Å². The first kappa shape index (κ1) is 15.6. The summed E-state index contributed by atoms with van der Waals surface area (Å²) in [6.07, 6.45) is 1.08. The molecule has 1 aliphatic heterocycles. The molecule has 0 bridgehead atoms. The van der Waals surface area contributed by atoms with Crippen LogP contribution in [0.4, 0.5) is 0 Å². The molecule has 4 heteroatoms. The second kappa shape index (κ2) is 6.79. The normalized spacial score (nSPS) is 19.8. The summed E-state index contributed by atoms with van der Waals surface area (Å²) < 4.78 is 0. The molecule has 2 atom stereocenters. The van der Waals surface area contributed by atoms with Gasteiger partial charge in [-0.05, 0) is 30.5 Å². The molecule has 0 amide bonds. The minimum atomic E-state index is 0.236. The zero-order chi connectivity index (χ0) is 14.7. The van der Waals surface area contributed by atoms with E-state index in [4.69, 9.17) is 11.6 Å². The predicted octanol–water partition coefficient (Wildman–Crippen LogP) is 3.35. The van der Waals surface area contributed by atoms with Crippen molar-refractivity contribution in [3.63, 3.8) is 0 Å². The van der Waals surface area contributed by atoms with Crippen molar-refractivity contribution in [3.05, 3.63) is 28.3 Å². The van der Waals surface area contributed by atoms with Gasteiger partial charge in [-0.1, -0.05) is 31.9 Å². The molecular weight excluding hydrogens is 272 g/mol. The fraction of sp³-hybridized carbons (Fsp3) is 0.625. The maximum absolute atomic E-state index is 10.5. The Bertz CT molecular complexity index is 458. The van der Waals surface area contributed by atoms with E-state index in [1.54, 1.807) is 0 Å². The summed E-state index contributed by atoms with van der Waals surface area (Å²) in [6, 6.07) is 3.99. The Labute approximate surface area is 126 Å². The molecule has 0 aromatic heterocycles. The Hall–Kier alpha value is -0.770. The maximum Gasteiger partial charge on any atom is 0.123 e. The van der Waals surface area contributed by atoms with E-state index in [1.807, 2.05) is 19.1 Å². The number of piperazine rings is 1. The largest absolute Gasteiger partial charge is 0.507 e. The first-order valence-corrected chi connectivity index (χ1v) is 7.86. The number of phenols is 1. The Morgan fingerprint density at radius 2 is 2.00 bits per heavy atom. The zero-order valence-corrected chi connectivity index (χ0v) is 13.4. The van der Waals surface area contributed by atoms with Gasteiger partial charge in [0.05, 0.1) is 0 Å². The van der Waals surface area contributed by atoms with Crippen LogP contribution < -0.4 is 5.32 Å². The molecule has 1 aromatic rings. The molecule has 3 nitrogen and oxygen atoms in total. The number of aryl methyl sites for hydroxylation is 1. The molecule has 1 aliphatic rings. The van der Waals surface area contributed by atoms with E-state index < -0.39 is 0 Å². The highest BCUT2D eigenvalue weighted by molar-refractivity contribution is 6.30. The summed E-state index contributed by atoms with van der Waals surface area (Å²) in [7, 11) is 0. The van der Waals surface area contributed by atoms with Crippen LogP contribution in [0, 0.1) is 12.8 Å². The quantitative estimate of drug-likeness (QED) is 0.894. The van der Waals surface area contributed by atoms with Crippen molar-refractivity contribution in [2.24, 2.45) is 5.92 Å². The molecule has 1 unspecified atom stereocenters. The number of phenolic OH excluding ortho intramolecular Hbond substituents is 1. The SMILES string of the molecule is CCC(C)[C@H](c1cc(Cl)cc(C)c1O)N1CCNCC1. The molecule has 2 rings (SSSR count). The lowest BCUT2D eigenvalue weighted by atomic mass is 9.89. The van der Waals surface area contributed by atoms with E-state index in [9.17, 15) is 5.11 Å². The van der Waals surface area contributed by atoms with Gasteiger partial charge < -0.3 is 10.4 Å². The molecule has 1 fully saturated rings. The Morgan fingerprint density at radius 3 is 2.60 bits per heavy atom. The Balaban J connectivity index is 2.40. The molecule has 1 heterocycles. The van der Waals surface area contributed by atoms with E-state index in [0.717, 1.165) is 43.7 Å². The average molecular weight is 297 g/mol. The van der Waals surface area contributed by atoms with E-state index in [0.29, 0.717) is 16.7 Å². The van der Waals surface area contributed by atoms with Gasteiger partial charge in [0.15, 0.2) is 0 Å². The van der Waals surface area contributed by atoms with Crippen LogP contribution >= 0.6 is 11.6 Å². The molecular formula is C16H25ClN2O. The minimum Gasteiger partial charge on any atom is -0.507 e. The summed E-state index contributed by atoms with van der Waals surface area (Å²) in [6.45, 7) is 10.4. The first-order valence-electron chi connectivity index (χ1n) is 7.48. The molecule has 20 heavy (non-hydrogen) atoms. The topological polar surface area (TPSA) is 35.5 Å². The number of nitrogens with zero attached hydrogens (tertiary/aromatic N) is 1. The molecule has 112 valence electrons. The third kappa shape index (κ3) is 3.27. The highest BCUT2D eigenvalue weighted by atomic mass is 35.5. The number of halogens is 1. The van der Waals surface area contributed by atoms with Crippen molar-refractivity contribution in [2.45, 2.75) is 33.2 Å². The minimum absolute atomic E-state index is 0.236. The van der Waals surface area contributed by atoms with E-state index >= 15 is 0 Å². The Kier molecular flexibility index (Phi) is 5.30. The van der Waals surface area contributed by atoms with Crippen LogP contribution in [0.1, 0.15) is 37.4 Å². The first-order chi connectivity index (χ1) is 9.54.